The molecule has 1 aromatic carbocycles. The third-order valence-corrected chi connectivity index (χ3v) is 3.89. The molecule has 1 aromatic heterocycles. The second-order valence-corrected chi connectivity index (χ2v) is 5.56. The summed E-state index contributed by atoms with van der Waals surface area (Å²) in [5.41, 5.74) is 1.03. The minimum absolute atomic E-state index is 0.0538. The van der Waals surface area contributed by atoms with Gasteiger partial charge in [0.05, 0.1) is 6.04 Å². The van der Waals surface area contributed by atoms with Gasteiger partial charge in [-0.2, -0.15) is 0 Å². The van der Waals surface area contributed by atoms with E-state index in [1.165, 1.54) is 12.1 Å². The van der Waals surface area contributed by atoms with Crippen molar-refractivity contribution in [1.29, 1.82) is 0 Å². The zero-order valence-electron chi connectivity index (χ0n) is 9.71. The molecule has 1 heterocycles. The molecule has 2 aromatic rings. The van der Waals surface area contributed by atoms with E-state index in [9.17, 15) is 4.39 Å². The summed E-state index contributed by atoms with van der Waals surface area (Å²) in [4.78, 5) is 0. The van der Waals surface area contributed by atoms with Crippen LogP contribution in [0.2, 0.25) is 0 Å². The summed E-state index contributed by atoms with van der Waals surface area (Å²) in [5, 5.41) is 3.19. The van der Waals surface area contributed by atoms with Gasteiger partial charge in [0.2, 0.25) is 0 Å². The Hall–Kier alpha value is -0.650. The van der Waals surface area contributed by atoms with Crippen molar-refractivity contribution in [3.05, 3.63) is 56.6 Å². The number of likely N-dealkylation sites (N-methyl/N-ethyl adjacent to an activating group) is 1. The summed E-state index contributed by atoms with van der Waals surface area (Å²) < 4.78 is 20.0. The number of rotatable bonds is 4. The van der Waals surface area contributed by atoms with E-state index in [1.54, 1.807) is 6.07 Å². The van der Waals surface area contributed by atoms with Gasteiger partial charge in [0.15, 0.2) is 4.67 Å². The first kappa shape index (κ1) is 13.8. The lowest BCUT2D eigenvalue weighted by Gasteiger charge is -2.14. The minimum Gasteiger partial charge on any atom is -0.453 e. The molecular formula is C13H12Br2FNO. The van der Waals surface area contributed by atoms with E-state index in [0.29, 0.717) is 4.67 Å². The molecule has 0 amide bonds. The third kappa shape index (κ3) is 3.22. The lowest BCUT2D eigenvalue weighted by Crippen LogP contribution is -2.18. The predicted molar refractivity (Wildman–Crippen MR) is 76.0 cm³/mol. The van der Waals surface area contributed by atoms with Crippen molar-refractivity contribution in [1.82, 2.24) is 5.32 Å². The summed E-state index contributed by atoms with van der Waals surface area (Å²) in [5.74, 6) is 0.605. The molecule has 18 heavy (non-hydrogen) atoms. The Balaban J connectivity index is 2.20. The van der Waals surface area contributed by atoms with E-state index < -0.39 is 0 Å². The second-order valence-electron chi connectivity index (χ2n) is 3.92. The first-order valence-corrected chi connectivity index (χ1v) is 7.05. The van der Waals surface area contributed by atoms with Gasteiger partial charge in [-0.15, -0.1) is 0 Å². The third-order valence-electron chi connectivity index (χ3n) is 2.73. The first-order chi connectivity index (χ1) is 8.60. The van der Waals surface area contributed by atoms with Gasteiger partial charge in [0.25, 0.3) is 0 Å². The summed E-state index contributed by atoms with van der Waals surface area (Å²) >= 11 is 6.66. The molecule has 0 fully saturated rings. The van der Waals surface area contributed by atoms with E-state index >= 15 is 0 Å². The highest BCUT2D eigenvalue weighted by molar-refractivity contribution is 9.10. The Bertz CT molecular complexity index is 542. The lowest BCUT2D eigenvalue weighted by atomic mass is 10.0. The van der Waals surface area contributed by atoms with E-state index in [0.717, 1.165) is 22.2 Å². The Kier molecular flexibility index (Phi) is 4.59. The van der Waals surface area contributed by atoms with Gasteiger partial charge < -0.3 is 9.73 Å². The maximum Gasteiger partial charge on any atom is 0.169 e. The maximum absolute atomic E-state index is 13.0. The highest BCUT2D eigenvalue weighted by Gasteiger charge is 2.15. The molecule has 2 nitrogen and oxygen atoms in total. The SMILES string of the molecule is CNC(Cc1ccc(F)cc1Br)c1ccc(Br)o1. The fourth-order valence-corrected chi connectivity index (χ4v) is 2.60. The number of halogens is 3. The van der Waals surface area contributed by atoms with Crippen LogP contribution in [0.1, 0.15) is 17.4 Å². The van der Waals surface area contributed by atoms with E-state index in [4.69, 9.17) is 4.42 Å². The highest BCUT2D eigenvalue weighted by atomic mass is 79.9. The van der Waals surface area contributed by atoms with Crippen LogP contribution < -0.4 is 5.32 Å². The largest absolute Gasteiger partial charge is 0.453 e. The van der Waals surface area contributed by atoms with Crippen LogP contribution in [0.5, 0.6) is 0 Å². The van der Waals surface area contributed by atoms with Gasteiger partial charge >= 0.3 is 0 Å². The Morgan fingerprint density at radius 2 is 2.06 bits per heavy atom. The van der Waals surface area contributed by atoms with E-state index in [1.807, 2.05) is 19.2 Å². The Morgan fingerprint density at radius 3 is 2.61 bits per heavy atom. The van der Waals surface area contributed by atoms with Gasteiger partial charge in [0, 0.05) is 4.47 Å². The van der Waals surface area contributed by atoms with Crippen molar-refractivity contribution in [2.45, 2.75) is 12.5 Å². The van der Waals surface area contributed by atoms with Gasteiger partial charge in [-0.3, -0.25) is 0 Å². The zero-order chi connectivity index (χ0) is 13.1. The number of hydrogen-bond donors (Lipinski definition) is 1. The predicted octanol–water partition coefficient (Wildman–Crippen LogP) is 4.45. The van der Waals surface area contributed by atoms with Crippen LogP contribution in [0.3, 0.4) is 0 Å². The van der Waals surface area contributed by atoms with Crippen LogP contribution in [-0.2, 0) is 6.42 Å². The Labute approximate surface area is 122 Å². The molecule has 2 rings (SSSR count). The van der Waals surface area contributed by atoms with Crippen LogP contribution in [0.15, 0.2) is 43.9 Å². The summed E-state index contributed by atoms with van der Waals surface area (Å²) in [6.07, 6.45) is 0.720. The molecule has 0 saturated carbocycles. The van der Waals surface area contributed by atoms with Crippen molar-refractivity contribution in [2.75, 3.05) is 7.05 Å². The molecule has 0 radical (unpaired) electrons. The van der Waals surface area contributed by atoms with Crippen molar-refractivity contribution < 1.29 is 8.81 Å². The number of nitrogens with one attached hydrogen (secondary N) is 1. The summed E-state index contributed by atoms with van der Waals surface area (Å²) in [6.45, 7) is 0. The van der Waals surface area contributed by atoms with Gasteiger partial charge in [-0.05, 0) is 59.2 Å². The van der Waals surface area contributed by atoms with Crippen LogP contribution in [0.4, 0.5) is 4.39 Å². The average molecular weight is 377 g/mol. The second kappa shape index (κ2) is 5.99. The van der Waals surface area contributed by atoms with Crippen molar-refractivity contribution >= 4 is 31.9 Å². The van der Waals surface area contributed by atoms with Crippen molar-refractivity contribution in [2.24, 2.45) is 0 Å². The molecule has 0 aliphatic heterocycles. The molecule has 0 bridgehead atoms. The van der Waals surface area contributed by atoms with Crippen LogP contribution in [0, 0.1) is 5.82 Å². The zero-order valence-corrected chi connectivity index (χ0v) is 12.9. The van der Waals surface area contributed by atoms with Gasteiger partial charge in [-0.25, -0.2) is 4.39 Å². The monoisotopic (exact) mass is 375 g/mol. The number of hydrogen-bond acceptors (Lipinski definition) is 2. The molecule has 1 atom stereocenters. The molecule has 1 unspecified atom stereocenters. The van der Waals surface area contributed by atoms with E-state index in [2.05, 4.69) is 37.2 Å². The minimum atomic E-state index is -0.243. The normalized spacial score (nSPS) is 12.7. The quantitative estimate of drug-likeness (QED) is 0.852. The molecule has 1 N–H and O–H groups in total. The number of benzene rings is 1. The van der Waals surface area contributed by atoms with Gasteiger partial charge in [-0.1, -0.05) is 22.0 Å². The molecule has 96 valence electrons. The summed E-state index contributed by atoms with van der Waals surface area (Å²) in [7, 11) is 1.87. The molecule has 0 aliphatic rings. The maximum atomic E-state index is 13.0. The van der Waals surface area contributed by atoms with Crippen molar-refractivity contribution in [3.8, 4) is 0 Å². The Morgan fingerprint density at radius 1 is 1.28 bits per heavy atom. The lowest BCUT2D eigenvalue weighted by molar-refractivity contribution is 0.416. The van der Waals surface area contributed by atoms with Gasteiger partial charge in [0.1, 0.15) is 11.6 Å². The highest BCUT2D eigenvalue weighted by Crippen LogP contribution is 2.26. The first-order valence-electron chi connectivity index (χ1n) is 5.46. The molecular weight excluding hydrogens is 365 g/mol. The molecule has 0 saturated heterocycles. The summed E-state index contributed by atoms with van der Waals surface area (Å²) in [6, 6.07) is 8.55. The molecule has 0 spiro atoms. The van der Waals surface area contributed by atoms with E-state index in [-0.39, 0.29) is 11.9 Å². The fraction of sp³-hybridized carbons (Fsp3) is 0.231. The standard InChI is InChI=1S/C13H12Br2FNO/c1-17-11(12-4-5-13(15)18-12)6-8-2-3-9(16)7-10(8)14/h2-5,7,11,17H,6H2,1H3. The smallest absolute Gasteiger partial charge is 0.169 e. The van der Waals surface area contributed by atoms with Crippen LogP contribution >= 0.6 is 31.9 Å². The molecule has 5 heteroatoms. The fourth-order valence-electron chi connectivity index (χ4n) is 1.77. The topological polar surface area (TPSA) is 25.2 Å². The van der Waals surface area contributed by atoms with Crippen molar-refractivity contribution in [3.63, 3.8) is 0 Å². The number of furan rings is 1. The van der Waals surface area contributed by atoms with Crippen LogP contribution in [-0.4, -0.2) is 7.05 Å². The molecule has 0 aliphatic carbocycles. The van der Waals surface area contributed by atoms with Crippen LogP contribution in [0.25, 0.3) is 0 Å². The average Bonchev–Trinajstić information content (AvgIpc) is 2.75.